The van der Waals surface area contributed by atoms with Crippen molar-refractivity contribution in [1.82, 2.24) is 15.6 Å². The monoisotopic (exact) mass is 498 g/mol. The maximum Gasteiger partial charge on any atom is 0.191 e. The number of ether oxygens (including phenoxy) is 2. The Bertz CT molecular complexity index is 656. The summed E-state index contributed by atoms with van der Waals surface area (Å²) in [4.78, 5) is 8.60. The molecule has 0 saturated heterocycles. The van der Waals surface area contributed by atoms with Crippen molar-refractivity contribution in [1.29, 1.82) is 0 Å². The first-order valence-electron chi connectivity index (χ1n) is 9.51. The molecule has 0 bridgehead atoms. The normalized spacial score (nSPS) is 12.0. The first kappa shape index (κ1) is 24.2. The molecule has 0 amide bonds. The van der Waals surface area contributed by atoms with Crippen molar-refractivity contribution in [3.8, 4) is 5.75 Å². The number of benzene rings is 1. The summed E-state index contributed by atoms with van der Waals surface area (Å²) in [5.41, 5.74) is 1.20. The zero-order valence-corrected chi connectivity index (χ0v) is 19.0. The number of hydrogen-bond donors (Lipinski definition) is 2. The van der Waals surface area contributed by atoms with Gasteiger partial charge < -0.3 is 20.1 Å². The van der Waals surface area contributed by atoms with Crippen molar-refractivity contribution in [3.05, 3.63) is 60.4 Å². The van der Waals surface area contributed by atoms with Crippen molar-refractivity contribution in [2.75, 3.05) is 32.8 Å². The van der Waals surface area contributed by atoms with Gasteiger partial charge in [0, 0.05) is 25.9 Å². The van der Waals surface area contributed by atoms with E-state index in [4.69, 9.17) is 9.47 Å². The second-order valence-electron chi connectivity index (χ2n) is 6.00. The summed E-state index contributed by atoms with van der Waals surface area (Å²) in [6.07, 6.45) is 4.41. The number of halogens is 1. The molecule has 154 valence electrons. The fraction of sp³-hybridized carbons (Fsp3) is 0.429. The Morgan fingerprint density at radius 3 is 2.64 bits per heavy atom. The predicted octanol–water partition coefficient (Wildman–Crippen LogP) is 3.80. The molecule has 7 heteroatoms. The van der Waals surface area contributed by atoms with Crippen LogP contribution in [-0.2, 0) is 4.74 Å². The number of aromatic nitrogens is 1. The average Bonchev–Trinajstić information content (AvgIpc) is 2.72. The summed E-state index contributed by atoms with van der Waals surface area (Å²) in [6.45, 7) is 7.55. The summed E-state index contributed by atoms with van der Waals surface area (Å²) in [6, 6.07) is 14.0. The Labute approximate surface area is 185 Å². The molecule has 1 aromatic carbocycles. The highest BCUT2D eigenvalue weighted by Crippen LogP contribution is 2.15. The molecular weight excluding hydrogens is 467 g/mol. The van der Waals surface area contributed by atoms with E-state index in [-0.39, 0.29) is 30.1 Å². The summed E-state index contributed by atoms with van der Waals surface area (Å²) in [5.74, 6) is 1.56. The molecule has 0 aliphatic carbocycles. The second kappa shape index (κ2) is 15.1. The van der Waals surface area contributed by atoms with E-state index < -0.39 is 0 Å². The van der Waals surface area contributed by atoms with E-state index in [1.807, 2.05) is 37.3 Å². The molecule has 2 rings (SSSR count). The van der Waals surface area contributed by atoms with Gasteiger partial charge in [-0.3, -0.25) is 9.98 Å². The van der Waals surface area contributed by atoms with Crippen LogP contribution in [0.5, 0.6) is 5.75 Å². The Morgan fingerprint density at radius 1 is 1.11 bits per heavy atom. The Kier molecular flexibility index (Phi) is 13.0. The molecule has 0 aliphatic rings. The van der Waals surface area contributed by atoms with Crippen molar-refractivity contribution >= 4 is 29.9 Å². The van der Waals surface area contributed by atoms with Crippen LogP contribution in [0.2, 0.25) is 0 Å². The molecule has 0 saturated carbocycles. The van der Waals surface area contributed by atoms with E-state index in [1.165, 1.54) is 5.56 Å². The van der Waals surface area contributed by atoms with Crippen molar-refractivity contribution < 1.29 is 9.47 Å². The SMILES string of the molecule is CCNC(=NCCCOC(C)c1ccccc1)NCCOc1cccnc1.I. The number of rotatable bonds is 11. The number of aliphatic imine (C=N–C) groups is 1. The van der Waals surface area contributed by atoms with Crippen LogP contribution in [0.25, 0.3) is 0 Å². The van der Waals surface area contributed by atoms with E-state index in [1.54, 1.807) is 12.4 Å². The highest BCUT2D eigenvalue weighted by Gasteiger charge is 2.04. The summed E-state index contributed by atoms with van der Waals surface area (Å²) in [5, 5.41) is 6.51. The third-order valence-electron chi connectivity index (χ3n) is 3.85. The molecule has 1 unspecified atom stereocenters. The van der Waals surface area contributed by atoms with Gasteiger partial charge in [0.1, 0.15) is 12.4 Å². The van der Waals surface area contributed by atoms with Crippen molar-refractivity contribution in [2.24, 2.45) is 4.99 Å². The fourth-order valence-electron chi connectivity index (χ4n) is 2.45. The average molecular weight is 498 g/mol. The standard InChI is InChI=1S/C21H30N4O2.HI/c1-3-23-21(25-14-16-27-20-11-7-12-22-17-20)24-13-8-15-26-18(2)19-9-5-4-6-10-19;/h4-7,9-12,17-18H,3,8,13-16H2,1-2H3,(H2,23,24,25);1H. The molecule has 2 N–H and O–H groups in total. The van der Waals surface area contributed by atoms with Gasteiger partial charge in [0.15, 0.2) is 5.96 Å². The van der Waals surface area contributed by atoms with Gasteiger partial charge >= 0.3 is 0 Å². The van der Waals surface area contributed by atoms with Crippen LogP contribution < -0.4 is 15.4 Å². The summed E-state index contributed by atoms with van der Waals surface area (Å²) < 4.78 is 11.5. The third-order valence-corrected chi connectivity index (χ3v) is 3.85. The van der Waals surface area contributed by atoms with E-state index >= 15 is 0 Å². The largest absolute Gasteiger partial charge is 0.490 e. The lowest BCUT2D eigenvalue weighted by Gasteiger charge is -2.14. The van der Waals surface area contributed by atoms with Crippen LogP contribution in [0.3, 0.4) is 0 Å². The Hall–Kier alpha value is -1.87. The predicted molar refractivity (Wildman–Crippen MR) is 125 cm³/mol. The highest BCUT2D eigenvalue weighted by molar-refractivity contribution is 14.0. The first-order chi connectivity index (χ1) is 13.3. The van der Waals surface area contributed by atoms with Crippen LogP contribution in [0.4, 0.5) is 0 Å². The molecule has 0 fully saturated rings. The Balaban J connectivity index is 0.00000392. The quantitative estimate of drug-likeness (QED) is 0.214. The lowest BCUT2D eigenvalue weighted by atomic mass is 10.1. The molecular formula is C21H31IN4O2. The molecule has 28 heavy (non-hydrogen) atoms. The van der Waals surface area contributed by atoms with E-state index in [0.29, 0.717) is 26.3 Å². The molecule has 2 aromatic rings. The second-order valence-corrected chi connectivity index (χ2v) is 6.00. The number of nitrogens with one attached hydrogen (secondary N) is 2. The van der Waals surface area contributed by atoms with Gasteiger partial charge in [-0.15, -0.1) is 24.0 Å². The zero-order valence-electron chi connectivity index (χ0n) is 16.6. The Morgan fingerprint density at radius 2 is 1.93 bits per heavy atom. The van der Waals surface area contributed by atoms with Crippen LogP contribution in [0.15, 0.2) is 59.9 Å². The minimum Gasteiger partial charge on any atom is -0.490 e. The number of nitrogens with zero attached hydrogens (tertiary/aromatic N) is 2. The molecule has 1 atom stereocenters. The highest BCUT2D eigenvalue weighted by atomic mass is 127. The van der Waals surface area contributed by atoms with Crippen LogP contribution in [0.1, 0.15) is 31.9 Å². The molecule has 1 heterocycles. The molecule has 6 nitrogen and oxygen atoms in total. The van der Waals surface area contributed by atoms with Crippen LogP contribution in [-0.4, -0.2) is 43.8 Å². The summed E-state index contributed by atoms with van der Waals surface area (Å²) >= 11 is 0. The van der Waals surface area contributed by atoms with Gasteiger partial charge in [-0.05, 0) is 38.0 Å². The van der Waals surface area contributed by atoms with Crippen LogP contribution in [0, 0.1) is 0 Å². The van der Waals surface area contributed by atoms with Crippen molar-refractivity contribution in [3.63, 3.8) is 0 Å². The van der Waals surface area contributed by atoms with Crippen molar-refractivity contribution in [2.45, 2.75) is 26.4 Å². The zero-order chi connectivity index (χ0) is 19.2. The van der Waals surface area contributed by atoms with E-state index in [9.17, 15) is 0 Å². The van der Waals surface area contributed by atoms with Gasteiger partial charge in [-0.2, -0.15) is 0 Å². The lowest BCUT2D eigenvalue weighted by Crippen LogP contribution is -2.39. The third kappa shape index (κ3) is 9.89. The maximum absolute atomic E-state index is 5.88. The minimum absolute atomic E-state index is 0. The number of guanidine groups is 1. The smallest absolute Gasteiger partial charge is 0.191 e. The summed E-state index contributed by atoms with van der Waals surface area (Å²) in [7, 11) is 0. The maximum atomic E-state index is 5.88. The van der Waals surface area contributed by atoms with Gasteiger partial charge in [-0.25, -0.2) is 0 Å². The number of pyridine rings is 1. The molecule has 1 aromatic heterocycles. The fourth-order valence-corrected chi connectivity index (χ4v) is 2.45. The topological polar surface area (TPSA) is 67.8 Å². The molecule has 0 spiro atoms. The lowest BCUT2D eigenvalue weighted by molar-refractivity contribution is 0.0652. The minimum atomic E-state index is 0. The van der Waals surface area contributed by atoms with Gasteiger partial charge in [0.2, 0.25) is 0 Å². The molecule has 0 radical (unpaired) electrons. The van der Waals surface area contributed by atoms with E-state index in [0.717, 1.165) is 24.7 Å². The first-order valence-corrected chi connectivity index (χ1v) is 9.51. The van der Waals surface area contributed by atoms with Crippen LogP contribution >= 0.6 is 24.0 Å². The number of hydrogen-bond acceptors (Lipinski definition) is 4. The van der Waals surface area contributed by atoms with Gasteiger partial charge in [0.25, 0.3) is 0 Å². The van der Waals surface area contributed by atoms with Gasteiger partial charge in [-0.1, -0.05) is 30.3 Å². The van der Waals surface area contributed by atoms with E-state index in [2.05, 4.69) is 39.7 Å². The van der Waals surface area contributed by atoms with Gasteiger partial charge in [0.05, 0.1) is 18.8 Å². The molecule has 0 aliphatic heterocycles.